The highest BCUT2D eigenvalue weighted by Gasteiger charge is 2.12. The van der Waals surface area contributed by atoms with Crippen LogP contribution in [-0.4, -0.2) is 4.98 Å². The van der Waals surface area contributed by atoms with E-state index in [4.69, 9.17) is 9.15 Å². The van der Waals surface area contributed by atoms with Crippen molar-refractivity contribution in [2.24, 2.45) is 0 Å². The molecule has 3 rings (SSSR count). The summed E-state index contributed by atoms with van der Waals surface area (Å²) in [6, 6.07) is 12.1. The van der Waals surface area contributed by atoms with Crippen LogP contribution in [0.3, 0.4) is 0 Å². The van der Waals surface area contributed by atoms with Crippen molar-refractivity contribution in [3.63, 3.8) is 0 Å². The standard InChI is InChI=1S/C12H8N2O3/c15-14-8-4-3-7-11(14)17-12-13-9-5-1-2-6-10(9)16-12/h1-8H. The highest BCUT2D eigenvalue weighted by Crippen LogP contribution is 2.22. The number of hydrogen-bond donors (Lipinski definition) is 0. The van der Waals surface area contributed by atoms with E-state index in [9.17, 15) is 5.21 Å². The van der Waals surface area contributed by atoms with Gasteiger partial charge in [-0.25, -0.2) is 0 Å². The monoisotopic (exact) mass is 228 g/mol. The molecule has 1 aromatic carbocycles. The Morgan fingerprint density at radius 1 is 1.12 bits per heavy atom. The summed E-state index contributed by atoms with van der Waals surface area (Å²) in [5.74, 6) is 0.124. The molecule has 3 aromatic rings. The summed E-state index contributed by atoms with van der Waals surface area (Å²) in [5, 5.41) is 11.4. The van der Waals surface area contributed by atoms with Gasteiger partial charge in [0.25, 0.3) is 0 Å². The van der Waals surface area contributed by atoms with E-state index >= 15 is 0 Å². The van der Waals surface area contributed by atoms with Crippen molar-refractivity contribution in [2.45, 2.75) is 0 Å². The second-order valence-electron chi connectivity index (χ2n) is 3.41. The van der Waals surface area contributed by atoms with Crippen LogP contribution in [-0.2, 0) is 0 Å². The molecule has 0 amide bonds. The maximum Gasteiger partial charge on any atom is 0.404 e. The Kier molecular flexibility index (Phi) is 2.15. The molecule has 0 aliphatic rings. The zero-order chi connectivity index (χ0) is 11.7. The van der Waals surface area contributed by atoms with Crippen LogP contribution >= 0.6 is 0 Å². The van der Waals surface area contributed by atoms with Gasteiger partial charge in [-0.2, -0.15) is 4.98 Å². The second kappa shape index (κ2) is 3.79. The molecule has 0 bridgehead atoms. The summed E-state index contributed by atoms with van der Waals surface area (Å²) in [7, 11) is 0. The molecule has 0 N–H and O–H groups in total. The molecule has 2 aromatic heterocycles. The molecular weight excluding hydrogens is 220 g/mol. The molecule has 0 unspecified atom stereocenters. The maximum atomic E-state index is 11.4. The molecule has 84 valence electrons. The highest BCUT2D eigenvalue weighted by molar-refractivity contribution is 5.72. The first-order valence-corrected chi connectivity index (χ1v) is 5.04. The second-order valence-corrected chi connectivity index (χ2v) is 3.41. The minimum Gasteiger partial charge on any atom is -0.616 e. The van der Waals surface area contributed by atoms with Crippen LogP contribution < -0.4 is 9.47 Å². The fourth-order valence-electron chi connectivity index (χ4n) is 1.48. The molecular formula is C12H8N2O3. The summed E-state index contributed by atoms with van der Waals surface area (Å²) < 4.78 is 11.2. The van der Waals surface area contributed by atoms with E-state index < -0.39 is 0 Å². The Balaban J connectivity index is 1.98. The van der Waals surface area contributed by atoms with Crippen molar-refractivity contribution in [1.29, 1.82) is 0 Å². The van der Waals surface area contributed by atoms with Crippen molar-refractivity contribution in [3.8, 4) is 12.0 Å². The number of hydrogen-bond acceptors (Lipinski definition) is 4. The van der Waals surface area contributed by atoms with Gasteiger partial charge in [0.2, 0.25) is 0 Å². The lowest BCUT2D eigenvalue weighted by atomic mass is 10.3. The normalized spacial score (nSPS) is 10.6. The Hall–Kier alpha value is -2.56. The van der Waals surface area contributed by atoms with Crippen LogP contribution in [0.15, 0.2) is 53.1 Å². The number of oxazole rings is 1. The van der Waals surface area contributed by atoms with Crippen LogP contribution in [0.5, 0.6) is 12.0 Å². The predicted octanol–water partition coefficient (Wildman–Crippen LogP) is 2.25. The molecule has 0 fully saturated rings. The topological polar surface area (TPSA) is 62.2 Å². The predicted molar refractivity (Wildman–Crippen MR) is 59.5 cm³/mol. The lowest BCUT2D eigenvalue weighted by Gasteiger charge is -2.00. The van der Waals surface area contributed by atoms with Crippen LogP contribution in [0.2, 0.25) is 0 Å². The first-order chi connectivity index (χ1) is 8.33. The first kappa shape index (κ1) is 9.65. The Morgan fingerprint density at radius 3 is 2.76 bits per heavy atom. The van der Waals surface area contributed by atoms with E-state index in [0.717, 1.165) is 0 Å². The average Bonchev–Trinajstić information content (AvgIpc) is 2.74. The van der Waals surface area contributed by atoms with E-state index in [1.807, 2.05) is 18.2 Å². The quantitative estimate of drug-likeness (QED) is 0.498. The van der Waals surface area contributed by atoms with E-state index in [2.05, 4.69) is 4.98 Å². The van der Waals surface area contributed by atoms with Crippen LogP contribution in [0.1, 0.15) is 0 Å². The number of aromatic nitrogens is 2. The molecule has 17 heavy (non-hydrogen) atoms. The van der Waals surface area contributed by atoms with E-state index in [0.29, 0.717) is 15.8 Å². The minimum atomic E-state index is 0.0574. The molecule has 0 saturated carbocycles. The Labute approximate surface area is 96.5 Å². The van der Waals surface area contributed by atoms with Crippen molar-refractivity contribution < 1.29 is 13.9 Å². The third-order valence-corrected chi connectivity index (χ3v) is 2.25. The van der Waals surface area contributed by atoms with Gasteiger partial charge in [0.1, 0.15) is 5.52 Å². The van der Waals surface area contributed by atoms with Crippen molar-refractivity contribution in [3.05, 3.63) is 53.9 Å². The molecule has 0 aliphatic heterocycles. The first-order valence-electron chi connectivity index (χ1n) is 5.04. The van der Waals surface area contributed by atoms with Crippen molar-refractivity contribution in [1.82, 2.24) is 4.98 Å². The van der Waals surface area contributed by atoms with Gasteiger partial charge in [-0.15, -0.1) is 4.73 Å². The van der Waals surface area contributed by atoms with Crippen LogP contribution in [0, 0.1) is 5.21 Å². The fraction of sp³-hybridized carbons (Fsp3) is 0. The van der Waals surface area contributed by atoms with Gasteiger partial charge < -0.3 is 14.4 Å². The van der Waals surface area contributed by atoms with Gasteiger partial charge in [0.15, 0.2) is 11.8 Å². The van der Waals surface area contributed by atoms with Gasteiger partial charge in [-0.3, -0.25) is 0 Å². The number of fused-ring (bicyclic) bond motifs is 1. The van der Waals surface area contributed by atoms with Crippen LogP contribution in [0.4, 0.5) is 0 Å². The molecule has 0 atom stereocenters. The molecule has 5 nitrogen and oxygen atoms in total. The third-order valence-electron chi connectivity index (χ3n) is 2.25. The number of ether oxygens (including phenoxy) is 1. The third kappa shape index (κ3) is 1.78. The SMILES string of the molecule is [O-][n+]1ccccc1Oc1nc2ccccc2o1. The summed E-state index contributed by atoms with van der Waals surface area (Å²) in [5.41, 5.74) is 1.31. The van der Waals surface area contributed by atoms with E-state index in [1.54, 1.807) is 24.3 Å². The van der Waals surface area contributed by atoms with Gasteiger partial charge >= 0.3 is 12.0 Å². The summed E-state index contributed by atoms with van der Waals surface area (Å²) >= 11 is 0. The fourth-order valence-corrected chi connectivity index (χ4v) is 1.48. The molecule has 0 aliphatic carbocycles. The molecule has 0 saturated heterocycles. The lowest BCUT2D eigenvalue weighted by Crippen LogP contribution is -2.26. The van der Waals surface area contributed by atoms with Gasteiger partial charge in [-0.05, 0) is 18.2 Å². The van der Waals surface area contributed by atoms with Crippen molar-refractivity contribution >= 4 is 11.1 Å². The number of nitrogens with zero attached hydrogens (tertiary/aromatic N) is 2. The summed E-state index contributed by atoms with van der Waals surface area (Å²) in [6.07, 6.45) is 1.40. The molecule has 5 heteroatoms. The maximum absolute atomic E-state index is 11.4. The Bertz CT molecular complexity index is 630. The van der Waals surface area contributed by atoms with E-state index in [1.165, 1.54) is 6.20 Å². The smallest absolute Gasteiger partial charge is 0.404 e. The van der Waals surface area contributed by atoms with Gasteiger partial charge in [0, 0.05) is 6.07 Å². The largest absolute Gasteiger partial charge is 0.616 e. The zero-order valence-corrected chi connectivity index (χ0v) is 8.74. The van der Waals surface area contributed by atoms with Gasteiger partial charge in [0.05, 0.1) is 6.07 Å². The number of pyridine rings is 1. The number of para-hydroxylation sites is 2. The van der Waals surface area contributed by atoms with E-state index in [-0.39, 0.29) is 12.0 Å². The summed E-state index contributed by atoms with van der Waals surface area (Å²) in [4.78, 5) is 4.11. The van der Waals surface area contributed by atoms with Crippen LogP contribution in [0.25, 0.3) is 11.1 Å². The zero-order valence-electron chi connectivity index (χ0n) is 8.74. The molecule has 0 spiro atoms. The number of benzene rings is 1. The van der Waals surface area contributed by atoms with Crippen molar-refractivity contribution in [2.75, 3.05) is 0 Å². The van der Waals surface area contributed by atoms with Gasteiger partial charge in [-0.1, -0.05) is 12.1 Å². The molecule has 2 heterocycles. The highest BCUT2D eigenvalue weighted by atomic mass is 16.6. The number of rotatable bonds is 2. The average molecular weight is 228 g/mol. The lowest BCUT2D eigenvalue weighted by molar-refractivity contribution is -0.611. The Morgan fingerprint density at radius 2 is 1.94 bits per heavy atom. The molecule has 0 radical (unpaired) electrons. The minimum absolute atomic E-state index is 0.0574. The summed E-state index contributed by atoms with van der Waals surface area (Å²) in [6.45, 7) is 0.